The molecule has 2 rings (SSSR count). The molecule has 18 heavy (non-hydrogen) atoms. The maximum absolute atomic E-state index is 5.97. The fourth-order valence-electron chi connectivity index (χ4n) is 1.73. The van der Waals surface area contributed by atoms with E-state index in [9.17, 15) is 0 Å². The van der Waals surface area contributed by atoms with Crippen LogP contribution in [0.2, 0.25) is 5.02 Å². The number of ether oxygens (including phenoxy) is 1. The first-order valence-electron chi connectivity index (χ1n) is 5.74. The summed E-state index contributed by atoms with van der Waals surface area (Å²) in [6.07, 6.45) is 4.62. The highest BCUT2D eigenvalue weighted by Gasteiger charge is 2.02. The molecule has 0 bridgehead atoms. The largest absolute Gasteiger partial charge is 0.495 e. The Bertz CT molecular complexity index is 525. The van der Waals surface area contributed by atoms with Gasteiger partial charge in [-0.1, -0.05) is 11.6 Å². The van der Waals surface area contributed by atoms with Crippen LogP contribution in [0.3, 0.4) is 0 Å². The summed E-state index contributed by atoms with van der Waals surface area (Å²) in [6.45, 7) is 0.815. The van der Waals surface area contributed by atoms with Crippen LogP contribution < -0.4 is 10.1 Å². The maximum Gasteiger partial charge on any atom is 0.139 e. The number of imidazole rings is 1. The van der Waals surface area contributed by atoms with Crippen molar-refractivity contribution in [1.82, 2.24) is 9.55 Å². The van der Waals surface area contributed by atoms with Gasteiger partial charge < -0.3 is 14.6 Å². The third-order valence-electron chi connectivity index (χ3n) is 2.75. The van der Waals surface area contributed by atoms with Crippen LogP contribution in [0, 0.1) is 0 Å². The number of benzene rings is 1. The van der Waals surface area contributed by atoms with Crippen molar-refractivity contribution in [2.75, 3.05) is 19.0 Å². The summed E-state index contributed by atoms with van der Waals surface area (Å²) in [4.78, 5) is 4.27. The smallest absolute Gasteiger partial charge is 0.139 e. The lowest BCUT2D eigenvalue weighted by molar-refractivity contribution is 0.415. The molecular weight excluding hydrogens is 250 g/mol. The van der Waals surface area contributed by atoms with Crippen molar-refractivity contribution in [3.63, 3.8) is 0 Å². The second kappa shape index (κ2) is 5.78. The molecule has 1 heterocycles. The molecule has 0 fully saturated rings. The van der Waals surface area contributed by atoms with Gasteiger partial charge in [0.1, 0.15) is 11.6 Å². The van der Waals surface area contributed by atoms with Crippen molar-refractivity contribution in [2.45, 2.75) is 6.42 Å². The average Bonchev–Trinajstić information content (AvgIpc) is 2.77. The van der Waals surface area contributed by atoms with E-state index >= 15 is 0 Å². The van der Waals surface area contributed by atoms with E-state index < -0.39 is 0 Å². The molecule has 0 aliphatic heterocycles. The molecule has 0 spiro atoms. The normalized spacial score (nSPS) is 10.4. The van der Waals surface area contributed by atoms with Crippen molar-refractivity contribution in [3.8, 4) is 5.75 Å². The first-order valence-corrected chi connectivity index (χ1v) is 6.12. The van der Waals surface area contributed by atoms with E-state index in [1.165, 1.54) is 0 Å². The third-order valence-corrected chi connectivity index (χ3v) is 3.06. The zero-order valence-corrected chi connectivity index (χ0v) is 11.2. The van der Waals surface area contributed by atoms with Crippen molar-refractivity contribution in [2.24, 2.45) is 7.05 Å². The molecular formula is C13H16ClN3O. The molecule has 2 aromatic rings. The molecule has 0 radical (unpaired) electrons. The number of anilines is 1. The lowest BCUT2D eigenvalue weighted by Crippen LogP contribution is -2.08. The predicted octanol–water partition coefficient (Wildman–Crippen LogP) is 2.74. The Morgan fingerprint density at radius 1 is 1.44 bits per heavy atom. The molecule has 0 unspecified atom stereocenters. The molecule has 4 nitrogen and oxygen atoms in total. The Balaban J connectivity index is 1.92. The van der Waals surface area contributed by atoms with Gasteiger partial charge in [-0.3, -0.25) is 0 Å². The zero-order chi connectivity index (χ0) is 13.0. The Morgan fingerprint density at radius 3 is 2.94 bits per heavy atom. The van der Waals surface area contributed by atoms with Gasteiger partial charge in [-0.25, -0.2) is 4.98 Å². The highest BCUT2D eigenvalue weighted by molar-refractivity contribution is 6.32. The third kappa shape index (κ3) is 2.96. The van der Waals surface area contributed by atoms with E-state index in [0.717, 1.165) is 24.5 Å². The molecule has 1 aromatic heterocycles. The van der Waals surface area contributed by atoms with E-state index in [2.05, 4.69) is 10.3 Å². The van der Waals surface area contributed by atoms with Crippen molar-refractivity contribution >= 4 is 17.3 Å². The summed E-state index contributed by atoms with van der Waals surface area (Å²) in [6, 6.07) is 5.65. The predicted molar refractivity (Wildman–Crippen MR) is 73.4 cm³/mol. The zero-order valence-electron chi connectivity index (χ0n) is 10.5. The lowest BCUT2D eigenvalue weighted by Gasteiger charge is -2.09. The lowest BCUT2D eigenvalue weighted by atomic mass is 10.3. The number of nitrogens with zero attached hydrogens (tertiary/aromatic N) is 2. The summed E-state index contributed by atoms with van der Waals surface area (Å²) in [7, 11) is 3.60. The van der Waals surface area contributed by atoms with Crippen LogP contribution in [0.5, 0.6) is 5.75 Å². The minimum absolute atomic E-state index is 0.618. The second-order valence-electron chi connectivity index (χ2n) is 3.98. The van der Waals surface area contributed by atoms with E-state index in [1.807, 2.05) is 36.0 Å². The quantitative estimate of drug-likeness (QED) is 0.904. The first kappa shape index (κ1) is 12.8. The van der Waals surface area contributed by atoms with Crippen LogP contribution >= 0.6 is 11.6 Å². The SMILES string of the molecule is COc1cc(NCCc2nccn2C)ccc1Cl. The highest BCUT2D eigenvalue weighted by atomic mass is 35.5. The molecule has 0 atom stereocenters. The fraction of sp³-hybridized carbons (Fsp3) is 0.308. The standard InChI is InChI=1S/C13H16ClN3O/c1-17-8-7-16-13(17)5-6-15-10-3-4-11(14)12(9-10)18-2/h3-4,7-9,15H,5-6H2,1-2H3. The van der Waals surface area contributed by atoms with Crippen LogP contribution in [0.4, 0.5) is 5.69 Å². The molecule has 0 aliphatic carbocycles. The first-order chi connectivity index (χ1) is 8.70. The summed E-state index contributed by atoms with van der Waals surface area (Å²) in [5.74, 6) is 1.74. The summed E-state index contributed by atoms with van der Waals surface area (Å²) in [5, 5.41) is 3.94. The number of aryl methyl sites for hydroxylation is 1. The number of halogens is 1. The van der Waals surface area contributed by atoms with Gasteiger partial charge >= 0.3 is 0 Å². The topological polar surface area (TPSA) is 39.1 Å². The number of hydrogen-bond acceptors (Lipinski definition) is 3. The molecule has 0 saturated heterocycles. The molecule has 96 valence electrons. The molecule has 1 N–H and O–H groups in total. The number of rotatable bonds is 5. The minimum Gasteiger partial charge on any atom is -0.495 e. The summed E-state index contributed by atoms with van der Waals surface area (Å²) < 4.78 is 7.19. The number of methoxy groups -OCH3 is 1. The van der Waals surface area contributed by atoms with Gasteiger partial charge in [0.05, 0.1) is 12.1 Å². The van der Waals surface area contributed by atoms with Crippen LogP contribution in [0.15, 0.2) is 30.6 Å². The van der Waals surface area contributed by atoms with Gasteiger partial charge in [-0.15, -0.1) is 0 Å². The molecule has 1 aromatic carbocycles. The van der Waals surface area contributed by atoms with E-state index in [0.29, 0.717) is 10.8 Å². The van der Waals surface area contributed by atoms with Gasteiger partial charge in [-0.05, 0) is 12.1 Å². The second-order valence-corrected chi connectivity index (χ2v) is 4.39. The molecule has 5 heteroatoms. The maximum atomic E-state index is 5.97. The number of aromatic nitrogens is 2. The van der Waals surface area contributed by atoms with Gasteiger partial charge in [0.25, 0.3) is 0 Å². The Hall–Kier alpha value is -1.68. The molecule has 0 saturated carbocycles. The van der Waals surface area contributed by atoms with E-state index in [-0.39, 0.29) is 0 Å². The van der Waals surface area contributed by atoms with Crippen molar-refractivity contribution in [3.05, 3.63) is 41.4 Å². The molecule has 0 amide bonds. The van der Waals surface area contributed by atoms with Crippen molar-refractivity contribution in [1.29, 1.82) is 0 Å². The fourth-order valence-corrected chi connectivity index (χ4v) is 1.92. The van der Waals surface area contributed by atoms with Gasteiger partial charge in [0.2, 0.25) is 0 Å². The van der Waals surface area contributed by atoms with Crippen LogP contribution in [-0.2, 0) is 13.5 Å². The van der Waals surface area contributed by atoms with Crippen LogP contribution in [-0.4, -0.2) is 23.2 Å². The van der Waals surface area contributed by atoms with E-state index in [4.69, 9.17) is 16.3 Å². The van der Waals surface area contributed by atoms with Crippen LogP contribution in [0.1, 0.15) is 5.82 Å². The Morgan fingerprint density at radius 2 is 2.28 bits per heavy atom. The van der Waals surface area contributed by atoms with E-state index in [1.54, 1.807) is 13.3 Å². The summed E-state index contributed by atoms with van der Waals surface area (Å²) >= 11 is 5.97. The Labute approximate surface area is 112 Å². The minimum atomic E-state index is 0.618. The monoisotopic (exact) mass is 265 g/mol. The van der Waals surface area contributed by atoms with Gasteiger partial charge in [-0.2, -0.15) is 0 Å². The van der Waals surface area contributed by atoms with Crippen LogP contribution in [0.25, 0.3) is 0 Å². The van der Waals surface area contributed by atoms with Crippen molar-refractivity contribution < 1.29 is 4.74 Å². The van der Waals surface area contributed by atoms with Gasteiger partial charge in [0.15, 0.2) is 0 Å². The molecule has 0 aliphatic rings. The average molecular weight is 266 g/mol. The summed E-state index contributed by atoms with van der Waals surface area (Å²) in [5.41, 5.74) is 0.991. The van der Waals surface area contributed by atoms with Gasteiger partial charge in [0, 0.05) is 44.2 Å². The Kier molecular flexibility index (Phi) is 4.10. The highest BCUT2D eigenvalue weighted by Crippen LogP contribution is 2.27. The number of hydrogen-bond donors (Lipinski definition) is 1. The number of nitrogens with one attached hydrogen (secondary N) is 1.